The Hall–Kier alpha value is -3.47. The van der Waals surface area contributed by atoms with E-state index in [1.165, 1.54) is 12.0 Å². The molecule has 7 heteroatoms. The number of anilines is 3. The predicted octanol–water partition coefficient (Wildman–Crippen LogP) is 2.78. The van der Waals surface area contributed by atoms with Gasteiger partial charge in [-0.1, -0.05) is 18.1 Å². The number of ether oxygens (including phenoxy) is 1. The quantitative estimate of drug-likeness (QED) is 0.647. The molecule has 0 atom stereocenters. The van der Waals surface area contributed by atoms with Gasteiger partial charge in [-0.3, -0.25) is 4.90 Å². The van der Waals surface area contributed by atoms with Crippen molar-refractivity contribution in [2.75, 3.05) is 49.6 Å². The second-order valence-corrected chi connectivity index (χ2v) is 7.74. The van der Waals surface area contributed by atoms with E-state index in [2.05, 4.69) is 60.3 Å². The van der Waals surface area contributed by atoms with Crippen LogP contribution in [0.25, 0.3) is 11.4 Å². The van der Waals surface area contributed by atoms with E-state index in [1.54, 1.807) is 0 Å². The van der Waals surface area contributed by atoms with Gasteiger partial charge in [0.1, 0.15) is 6.33 Å². The molecular weight excluding hydrogens is 388 g/mol. The van der Waals surface area contributed by atoms with Gasteiger partial charge in [0.05, 0.1) is 19.3 Å². The summed E-state index contributed by atoms with van der Waals surface area (Å²) in [6, 6.07) is 16.6. The molecule has 0 aliphatic carbocycles. The van der Waals surface area contributed by atoms with Crippen LogP contribution in [0.4, 0.5) is 17.3 Å². The van der Waals surface area contributed by atoms with Crippen LogP contribution in [-0.2, 0) is 4.74 Å². The summed E-state index contributed by atoms with van der Waals surface area (Å²) in [4.78, 5) is 18.0. The first kappa shape index (κ1) is 19.5. The van der Waals surface area contributed by atoms with Gasteiger partial charge in [0.15, 0.2) is 5.82 Å². The van der Waals surface area contributed by atoms with Crippen LogP contribution in [0.1, 0.15) is 5.56 Å². The highest BCUT2D eigenvalue weighted by Gasteiger charge is 2.28. The summed E-state index contributed by atoms with van der Waals surface area (Å²) in [5.41, 5.74) is 3.83. The van der Waals surface area contributed by atoms with Gasteiger partial charge in [0.25, 0.3) is 0 Å². The molecule has 0 amide bonds. The lowest BCUT2D eigenvalue weighted by molar-refractivity contribution is -0.0660. The van der Waals surface area contributed by atoms with Crippen LogP contribution in [0.5, 0.6) is 0 Å². The van der Waals surface area contributed by atoms with Crippen LogP contribution in [0.2, 0.25) is 0 Å². The zero-order chi connectivity index (χ0) is 21.0. The predicted molar refractivity (Wildman–Crippen MR) is 121 cm³/mol. The van der Waals surface area contributed by atoms with Crippen molar-refractivity contribution >= 4 is 17.3 Å². The molecular formula is C24H24N6O. The van der Waals surface area contributed by atoms with Crippen LogP contribution in [-0.4, -0.2) is 65.3 Å². The van der Waals surface area contributed by atoms with Crippen molar-refractivity contribution in [1.82, 2.24) is 19.9 Å². The molecule has 3 aromatic rings. The molecule has 156 valence electrons. The van der Waals surface area contributed by atoms with Crippen LogP contribution in [0.15, 0.2) is 54.9 Å². The average Bonchev–Trinajstić information content (AvgIpc) is 2.79. The van der Waals surface area contributed by atoms with Crippen molar-refractivity contribution in [1.29, 1.82) is 0 Å². The number of nitrogens with zero attached hydrogens (tertiary/aromatic N) is 5. The molecule has 31 heavy (non-hydrogen) atoms. The minimum absolute atomic E-state index is 0.500. The van der Waals surface area contributed by atoms with E-state index in [1.807, 2.05) is 24.3 Å². The Balaban J connectivity index is 1.23. The molecule has 0 radical (unpaired) electrons. The fourth-order valence-corrected chi connectivity index (χ4v) is 3.91. The number of hydrogen-bond acceptors (Lipinski definition) is 7. The summed E-state index contributed by atoms with van der Waals surface area (Å²) >= 11 is 0. The molecule has 2 aliphatic heterocycles. The highest BCUT2D eigenvalue weighted by atomic mass is 16.5. The van der Waals surface area contributed by atoms with Crippen LogP contribution in [0, 0.1) is 12.3 Å². The molecule has 3 heterocycles. The molecule has 5 rings (SSSR count). The van der Waals surface area contributed by atoms with Crippen LogP contribution >= 0.6 is 0 Å². The number of rotatable bonds is 5. The highest BCUT2D eigenvalue weighted by Crippen LogP contribution is 2.23. The van der Waals surface area contributed by atoms with Crippen molar-refractivity contribution in [3.05, 3.63) is 60.4 Å². The number of hydrogen-bond donors (Lipinski definition) is 1. The Morgan fingerprint density at radius 3 is 2.52 bits per heavy atom. The summed E-state index contributed by atoms with van der Waals surface area (Å²) in [6.07, 6.45) is 7.01. The smallest absolute Gasteiger partial charge is 0.230 e. The first-order chi connectivity index (χ1) is 15.3. The zero-order valence-corrected chi connectivity index (χ0v) is 17.2. The Morgan fingerprint density at radius 2 is 1.81 bits per heavy atom. The van der Waals surface area contributed by atoms with E-state index in [-0.39, 0.29) is 0 Å². The molecule has 2 aliphatic rings. The normalized spacial score (nSPS) is 17.1. The number of piperazine rings is 1. The summed E-state index contributed by atoms with van der Waals surface area (Å²) < 4.78 is 5.32. The van der Waals surface area contributed by atoms with Crippen molar-refractivity contribution in [2.24, 2.45) is 0 Å². The minimum atomic E-state index is 0.500. The van der Waals surface area contributed by atoms with E-state index in [0.29, 0.717) is 17.8 Å². The largest absolute Gasteiger partial charge is 0.378 e. The van der Waals surface area contributed by atoms with Gasteiger partial charge in [0, 0.05) is 48.7 Å². The molecule has 2 saturated heterocycles. The van der Waals surface area contributed by atoms with Crippen LogP contribution < -0.4 is 10.2 Å². The van der Waals surface area contributed by atoms with Crippen molar-refractivity contribution < 1.29 is 4.74 Å². The lowest BCUT2D eigenvalue weighted by Gasteiger charge is -2.43. The molecule has 1 aromatic heterocycles. The van der Waals surface area contributed by atoms with Gasteiger partial charge in [-0.05, 0) is 36.4 Å². The first-order valence-electron chi connectivity index (χ1n) is 10.5. The topological polar surface area (TPSA) is 66.4 Å². The van der Waals surface area contributed by atoms with Crippen LogP contribution in [0.3, 0.4) is 0 Å². The lowest BCUT2D eigenvalue weighted by Crippen LogP contribution is -2.56. The second kappa shape index (κ2) is 8.72. The molecule has 2 fully saturated rings. The van der Waals surface area contributed by atoms with E-state index in [4.69, 9.17) is 11.2 Å². The van der Waals surface area contributed by atoms with Gasteiger partial charge in [-0.25, -0.2) is 9.97 Å². The van der Waals surface area contributed by atoms with E-state index >= 15 is 0 Å². The third kappa shape index (κ3) is 4.36. The molecule has 0 saturated carbocycles. The summed E-state index contributed by atoms with van der Waals surface area (Å²) in [5.74, 6) is 3.72. The zero-order valence-electron chi connectivity index (χ0n) is 17.2. The Morgan fingerprint density at radius 1 is 1.00 bits per heavy atom. The van der Waals surface area contributed by atoms with E-state index in [9.17, 15) is 0 Å². The van der Waals surface area contributed by atoms with Gasteiger partial charge < -0.3 is 15.0 Å². The fraction of sp³-hybridized carbons (Fsp3) is 0.292. The average molecular weight is 412 g/mol. The fourth-order valence-electron chi connectivity index (χ4n) is 3.91. The van der Waals surface area contributed by atoms with E-state index in [0.717, 1.165) is 56.2 Å². The van der Waals surface area contributed by atoms with Gasteiger partial charge in [0.2, 0.25) is 5.95 Å². The van der Waals surface area contributed by atoms with Crippen molar-refractivity contribution in [2.45, 2.75) is 6.04 Å². The Labute approximate surface area is 182 Å². The van der Waals surface area contributed by atoms with Crippen molar-refractivity contribution in [3.63, 3.8) is 0 Å². The number of aromatic nitrogens is 3. The highest BCUT2D eigenvalue weighted by molar-refractivity contribution is 5.62. The lowest BCUT2D eigenvalue weighted by atomic mass is 10.1. The first-order valence-corrected chi connectivity index (χ1v) is 10.5. The van der Waals surface area contributed by atoms with Gasteiger partial charge >= 0.3 is 0 Å². The van der Waals surface area contributed by atoms with E-state index < -0.39 is 0 Å². The minimum Gasteiger partial charge on any atom is -0.378 e. The standard InChI is InChI=1S/C24H24N6O/c1-2-18-4-3-5-19(14-18)23-25-17-26-24(28-23)27-20-6-8-21(9-7-20)29-10-12-30(13-11-29)22-15-31-16-22/h1,3-9,14,17,22H,10-13,15-16H2,(H,25,26,27,28). The Bertz CT molecular complexity index is 1080. The molecule has 2 aromatic carbocycles. The third-order valence-electron chi connectivity index (χ3n) is 5.80. The molecule has 1 N–H and O–H groups in total. The van der Waals surface area contributed by atoms with Crippen molar-refractivity contribution in [3.8, 4) is 23.7 Å². The number of nitrogens with one attached hydrogen (secondary N) is 1. The number of terminal acetylenes is 1. The number of benzene rings is 2. The Kier molecular flexibility index (Phi) is 5.48. The summed E-state index contributed by atoms with van der Waals surface area (Å²) in [5, 5.41) is 3.27. The summed E-state index contributed by atoms with van der Waals surface area (Å²) in [6.45, 7) is 6.02. The molecule has 0 unspecified atom stereocenters. The maximum absolute atomic E-state index is 5.50. The molecule has 0 bridgehead atoms. The molecule has 7 nitrogen and oxygen atoms in total. The second-order valence-electron chi connectivity index (χ2n) is 7.74. The molecule has 0 spiro atoms. The third-order valence-corrected chi connectivity index (χ3v) is 5.80. The summed E-state index contributed by atoms with van der Waals surface area (Å²) in [7, 11) is 0. The van der Waals surface area contributed by atoms with Gasteiger partial charge in [-0.2, -0.15) is 4.98 Å². The van der Waals surface area contributed by atoms with Gasteiger partial charge in [-0.15, -0.1) is 6.42 Å². The monoisotopic (exact) mass is 412 g/mol. The maximum Gasteiger partial charge on any atom is 0.230 e. The SMILES string of the molecule is C#Cc1cccc(-c2ncnc(Nc3ccc(N4CCN(C5COC5)CC4)cc3)n2)c1. The maximum atomic E-state index is 5.50.